The lowest BCUT2D eigenvalue weighted by Crippen LogP contribution is -1.90. The van der Waals surface area contributed by atoms with Crippen LogP contribution in [0.1, 0.15) is 0 Å². The lowest BCUT2D eigenvalue weighted by molar-refractivity contribution is -0.389. The monoisotopic (exact) mass is 298 g/mol. The minimum Gasteiger partial charge on any atom is -0.507 e. The second-order valence-electron chi connectivity index (χ2n) is 4.34. The van der Waals surface area contributed by atoms with Crippen LogP contribution in [0.4, 0.5) is 5.82 Å². The number of aromatic hydroxyl groups is 1. The van der Waals surface area contributed by atoms with E-state index in [1.165, 1.54) is 24.0 Å². The Morgan fingerprint density at radius 3 is 2.48 bits per heavy atom. The molecule has 2 aromatic carbocycles. The smallest absolute Gasteiger partial charge is 0.363 e. The number of rotatable bonds is 3. The fourth-order valence-electron chi connectivity index (χ4n) is 2.01. The maximum atomic E-state index is 10.6. The Hall–Kier alpha value is -2.60. The molecular formula is C15H10N2O3S. The number of benzene rings is 2. The van der Waals surface area contributed by atoms with Crippen LogP contribution in [-0.2, 0) is 0 Å². The van der Waals surface area contributed by atoms with Gasteiger partial charge in [0.25, 0.3) is 0 Å². The minimum absolute atomic E-state index is 0.171. The first-order valence-corrected chi connectivity index (χ1v) is 6.96. The Kier molecular flexibility index (Phi) is 3.45. The van der Waals surface area contributed by atoms with Crippen LogP contribution in [0.2, 0.25) is 0 Å². The predicted molar refractivity (Wildman–Crippen MR) is 80.6 cm³/mol. The molecule has 0 unspecified atom stereocenters. The van der Waals surface area contributed by atoms with Crippen LogP contribution < -0.4 is 0 Å². The van der Waals surface area contributed by atoms with Crippen molar-refractivity contribution >= 4 is 28.4 Å². The molecule has 5 nitrogen and oxygen atoms in total. The number of phenolic OH excluding ortho intramolecular Hbond substituents is 1. The molecule has 1 heterocycles. The van der Waals surface area contributed by atoms with Gasteiger partial charge in [-0.05, 0) is 33.5 Å². The Bertz CT molecular complexity index is 819. The highest BCUT2D eigenvalue weighted by molar-refractivity contribution is 7.99. The zero-order chi connectivity index (χ0) is 14.8. The van der Waals surface area contributed by atoms with Gasteiger partial charge in [0, 0.05) is 16.3 Å². The average Bonchev–Trinajstić information content (AvgIpc) is 2.51. The number of nitrogens with zero attached hydrogens (tertiary/aromatic N) is 2. The van der Waals surface area contributed by atoms with Gasteiger partial charge in [-0.1, -0.05) is 36.0 Å². The summed E-state index contributed by atoms with van der Waals surface area (Å²) >= 11 is 1.45. The highest BCUT2D eigenvalue weighted by atomic mass is 32.2. The minimum atomic E-state index is -0.523. The molecule has 104 valence electrons. The molecule has 0 radical (unpaired) electrons. The summed E-state index contributed by atoms with van der Waals surface area (Å²) in [6.07, 6.45) is 1.48. The number of phenols is 1. The highest BCUT2D eigenvalue weighted by Crippen LogP contribution is 2.36. The zero-order valence-electron chi connectivity index (χ0n) is 10.8. The normalized spacial score (nSPS) is 10.7. The van der Waals surface area contributed by atoms with E-state index in [4.69, 9.17) is 0 Å². The Morgan fingerprint density at radius 1 is 1.05 bits per heavy atom. The van der Waals surface area contributed by atoms with Crippen molar-refractivity contribution in [3.8, 4) is 5.75 Å². The van der Waals surface area contributed by atoms with Crippen LogP contribution in [0, 0.1) is 10.1 Å². The van der Waals surface area contributed by atoms with Gasteiger partial charge in [-0.2, -0.15) is 0 Å². The van der Waals surface area contributed by atoms with E-state index in [-0.39, 0.29) is 11.6 Å². The van der Waals surface area contributed by atoms with Crippen LogP contribution in [0.3, 0.4) is 0 Å². The Balaban J connectivity index is 1.98. The summed E-state index contributed by atoms with van der Waals surface area (Å²) in [5, 5.41) is 22.2. The van der Waals surface area contributed by atoms with E-state index in [0.29, 0.717) is 0 Å². The summed E-state index contributed by atoms with van der Waals surface area (Å²) in [4.78, 5) is 15.6. The maximum absolute atomic E-state index is 10.6. The molecule has 0 spiro atoms. The third kappa shape index (κ3) is 2.66. The van der Waals surface area contributed by atoms with Crippen LogP contribution in [0.5, 0.6) is 5.75 Å². The number of fused-ring (bicyclic) bond motifs is 1. The summed E-state index contributed by atoms with van der Waals surface area (Å²) < 4.78 is 0. The fourth-order valence-corrected chi connectivity index (χ4v) is 2.93. The van der Waals surface area contributed by atoms with Gasteiger partial charge in [-0.15, -0.1) is 0 Å². The lowest BCUT2D eigenvalue weighted by atomic mass is 10.1. The first-order valence-electron chi connectivity index (χ1n) is 6.14. The number of pyridine rings is 1. The van der Waals surface area contributed by atoms with Crippen molar-refractivity contribution in [3.63, 3.8) is 0 Å². The number of hydrogen-bond acceptors (Lipinski definition) is 5. The first kappa shape index (κ1) is 13.4. The molecule has 0 fully saturated rings. The molecule has 0 amide bonds. The van der Waals surface area contributed by atoms with Gasteiger partial charge in [-0.3, -0.25) is 0 Å². The standard InChI is InChI=1S/C15H10N2O3S/c18-13-6-7-14(12-4-2-1-3-11(12)13)21-10-5-8-15(16-9-10)17(19)20/h1-9,18H. The molecule has 0 aliphatic rings. The second-order valence-corrected chi connectivity index (χ2v) is 5.46. The lowest BCUT2D eigenvalue weighted by Gasteiger charge is -2.07. The molecule has 0 bridgehead atoms. The third-order valence-corrected chi connectivity index (χ3v) is 4.05. The highest BCUT2D eigenvalue weighted by Gasteiger charge is 2.10. The number of nitro groups is 1. The largest absolute Gasteiger partial charge is 0.507 e. The van der Waals surface area contributed by atoms with Gasteiger partial charge in [0.15, 0.2) is 6.20 Å². The molecule has 1 aromatic heterocycles. The van der Waals surface area contributed by atoms with E-state index < -0.39 is 4.92 Å². The predicted octanol–water partition coefficient (Wildman–Crippen LogP) is 4.00. The summed E-state index contributed by atoms with van der Waals surface area (Å²) in [7, 11) is 0. The molecule has 0 saturated carbocycles. The van der Waals surface area contributed by atoms with E-state index >= 15 is 0 Å². The molecular weight excluding hydrogens is 288 g/mol. The topological polar surface area (TPSA) is 76.3 Å². The second kappa shape index (κ2) is 5.41. The van der Waals surface area contributed by atoms with Crippen LogP contribution in [0.25, 0.3) is 10.8 Å². The molecule has 0 atom stereocenters. The van der Waals surface area contributed by atoms with Crippen molar-refractivity contribution in [2.75, 3.05) is 0 Å². The average molecular weight is 298 g/mol. The van der Waals surface area contributed by atoms with Gasteiger partial charge < -0.3 is 15.2 Å². The van der Waals surface area contributed by atoms with E-state index in [2.05, 4.69) is 4.98 Å². The summed E-state index contributed by atoms with van der Waals surface area (Å²) in [6, 6.07) is 14.1. The van der Waals surface area contributed by atoms with Crippen molar-refractivity contribution < 1.29 is 10.0 Å². The number of aromatic nitrogens is 1. The zero-order valence-corrected chi connectivity index (χ0v) is 11.6. The van der Waals surface area contributed by atoms with Crippen molar-refractivity contribution in [1.29, 1.82) is 0 Å². The molecule has 0 aliphatic carbocycles. The Morgan fingerprint density at radius 2 is 1.81 bits per heavy atom. The van der Waals surface area contributed by atoms with E-state index in [9.17, 15) is 15.2 Å². The van der Waals surface area contributed by atoms with Crippen LogP contribution in [0.15, 0.2) is 64.5 Å². The van der Waals surface area contributed by atoms with Crippen molar-refractivity contribution in [2.45, 2.75) is 9.79 Å². The summed E-state index contributed by atoms with van der Waals surface area (Å²) in [6.45, 7) is 0. The van der Waals surface area contributed by atoms with Gasteiger partial charge >= 0.3 is 5.82 Å². The van der Waals surface area contributed by atoms with Crippen molar-refractivity contribution in [3.05, 3.63) is 64.8 Å². The molecule has 0 saturated heterocycles. The van der Waals surface area contributed by atoms with Gasteiger partial charge in [0.05, 0.1) is 4.90 Å². The quantitative estimate of drug-likeness (QED) is 0.584. The first-order chi connectivity index (χ1) is 10.1. The van der Waals surface area contributed by atoms with E-state index in [0.717, 1.165) is 20.6 Å². The third-order valence-electron chi connectivity index (χ3n) is 3.00. The fraction of sp³-hybridized carbons (Fsp3) is 0. The SMILES string of the molecule is O=[N+]([O-])c1ccc(Sc2ccc(O)c3ccccc23)cn1. The van der Waals surface area contributed by atoms with Crippen molar-refractivity contribution in [1.82, 2.24) is 4.98 Å². The summed E-state index contributed by atoms with van der Waals surface area (Å²) in [5.41, 5.74) is 0. The van der Waals surface area contributed by atoms with Gasteiger partial charge in [0.1, 0.15) is 5.75 Å². The summed E-state index contributed by atoms with van der Waals surface area (Å²) in [5.74, 6) is 0.0617. The maximum Gasteiger partial charge on any atom is 0.363 e. The van der Waals surface area contributed by atoms with Gasteiger partial charge in [-0.25, -0.2) is 0 Å². The molecule has 6 heteroatoms. The molecule has 0 aliphatic heterocycles. The van der Waals surface area contributed by atoms with Gasteiger partial charge in [0.2, 0.25) is 0 Å². The van der Waals surface area contributed by atoms with E-state index in [1.807, 2.05) is 30.3 Å². The van der Waals surface area contributed by atoms with Crippen molar-refractivity contribution in [2.24, 2.45) is 0 Å². The molecule has 3 aromatic rings. The molecule has 1 N–H and O–H groups in total. The van der Waals surface area contributed by atoms with Crippen LogP contribution in [-0.4, -0.2) is 15.0 Å². The van der Waals surface area contributed by atoms with Crippen LogP contribution >= 0.6 is 11.8 Å². The Labute approximate surface area is 124 Å². The molecule has 3 rings (SSSR count). The van der Waals surface area contributed by atoms with E-state index in [1.54, 1.807) is 12.1 Å². The molecule has 21 heavy (non-hydrogen) atoms. The number of hydrogen-bond donors (Lipinski definition) is 1.